The van der Waals surface area contributed by atoms with Crippen molar-refractivity contribution in [3.8, 4) is 10.7 Å². The summed E-state index contributed by atoms with van der Waals surface area (Å²) in [5.74, 6) is 0.899. The number of anilines is 1. The largest absolute Gasteiger partial charge is 0.397 e. The predicted molar refractivity (Wildman–Crippen MR) is 79.2 cm³/mol. The summed E-state index contributed by atoms with van der Waals surface area (Å²) >= 11 is 3.51. The third-order valence-corrected chi connectivity index (χ3v) is 5.02. The molecule has 1 aromatic carbocycles. The molecule has 0 aliphatic rings. The average Bonchev–Trinajstić information content (AvgIpc) is 3.01. The highest BCUT2D eigenvalue weighted by Crippen LogP contribution is 2.36. The highest BCUT2D eigenvalue weighted by atomic mass is 32.1. The van der Waals surface area contributed by atoms with E-state index in [1.165, 1.54) is 9.40 Å². The van der Waals surface area contributed by atoms with Crippen molar-refractivity contribution < 1.29 is 0 Å². The first kappa shape index (κ1) is 10.1. The molecule has 0 atom stereocenters. The van der Waals surface area contributed by atoms with Gasteiger partial charge in [-0.15, -0.1) is 22.7 Å². The second-order valence-corrected chi connectivity index (χ2v) is 6.12. The Morgan fingerprint density at radius 3 is 2.94 bits per heavy atom. The lowest BCUT2D eigenvalue weighted by Crippen LogP contribution is -1.84. The zero-order valence-electron chi connectivity index (χ0n) is 9.31. The first-order valence-corrected chi connectivity index (χ1v) is 7.22. The first-order valence-electron chi connectivity index (χ1n) is 5.53. The summed E-state index contributed by atoms with van der Waals surface area (Å²) in [6, 6.07) is 10.1. The molecule has 0 unspecified atom stereocenters. The highest BCUT2D eigenvalue weighted by Gasteiger charge is 2.10. The van der Waals surface area contributed by atoms with Crippen LogP contribution in [0.15, 0.2) is 35.7 Å². The van der Waals surface area contributed by atoms with E-state index in [0.717, 1.165) is 21.7 Å². The minimum absolute atomic E-state index is 0.716. The number of imidazole rings is 1. The van der Waals surface area contributed by atoms with Crippen molar-refractivity contribution in [3.05, 3.63) is 35.7 Å². The standard InChI is InChI=1S/C13H9N3S2/c14-7-2-1-3-8-12(7)16-13(15-8)11-6-10-9(18-11)4-5-17-10/h1-6H,14H2,(H,15,16). The average molecular weight is 271 g/mol. The number of rotatable bonds is 1. The Bertz CT molecular complexity index is 825. The van der Waals surface area contributed by atoms with Crippen LogP contribution in [0.4, 0.5) is 5.69 Å². The summed E-state index contributed by atoms with van der Waals surface area (Å²) in [5.41, 5.74) is 8.48. The van der Waals surface area contributed by atoms with Crippen LogP contribution in [0.5, 0.6) is 0 Å². The van der Waals surface area contributed by atoms with Crippen LogP contribution in [-0.4, -0.2) is 9.97 Å². The number of thiophene rings is 2. The molecule has 0 spiro atoms. The summed E-state index contributed by atoms with van der Waals surface area (Å²) < 4.78 is 2.62. The number of para-hydroxylation sites is 1. The van der Waals surface area contributed by atoms with E-state index >= 15 is 0 Å². The smallest absolute Gasteiger partial charge is 0.148 e. The van der Waals surface area contributed by atoms with Crippen molar-refractivity contribution >= 4 is 48.8 Å². The molecule has 5 heteroatoms. The fourth-order valence-electron chi connectivity index (χ4n) is 2.05. The van der Waals surface area contributed by atoms with Gasteiger partial charge in [0.15, 0.2) is 0 Å². The lowest BCUT2D eigenvalue weighted by molar-refractivity contribution is 1.36. The van der Waals surface area contributed by atoms with Crippen molar-refractivity contribution in [3.63, 3.8) is 0 Å². The number of nitrogens with one attached hydrogen (secondary N) is 1. The van der Waals surface area contributed by atoms with Crippen molar-refractivity contribution in [1.29, 1.82) is 0 Å². The van der Waals surface area contributed by atoms with Gasteiger partial charge in [-0.25, -0.2) is 4.98 Å². The zero-order valence-corrected chi connectivity index (χ0v) is 10.9. The van der Waals surface area contributed by atoms with Gasteiger partial charge in [0.05, 0.1) is 16.1 Å². The molecule has 3 aromatic heterocycles. The third kappa shape index (κ3) is 1.38. The normalized spacial score (nSPS) is 11.6. The first-order chi connectivity index (χ1) is 8.81. The fourth-order valence-corrected chi connectivity index (χ4v) is 4.11. The minimum atomic E-state index is 0.716. The number of H-pyrrole nitrogens is 1. The lowest BCUT2D eigenvalue weighted by atomic mass is 10.3. The number of aromatic amines is 1. The van der Waals surface area contributed by atoms with Gasteiger partial charge in [0, 0.05) is 9.40 Å². The maximum Gasteiger partial charge on any atom is 0.148 e. The molecular weight excluding hydrogens is 262 g/mol. The predicted octanol–water partition coefficient (Wildman–Crippen LogP) is 4.09. The van der Waals surface area contributed by atoms with Gasteiger partial charge in [-0.2, -0.15) is 0 Å². The number of hydrogen-bond acceptors (Lipinski definition) is 4. The number of nitrogens with zero attached hydrogens (tertiary/aromatic N) is 1. The minimum Gasteiger partial charge on any atom is -0.397 e. The SMILES string of the molecule is Nc1cccc2[nH]c(-c3cc4sccc4s3)nc12. The maximum atomic E-state index is 5.93. The van der Waals surface area contributed by atoms with Crippen LogP contribution in [0.2, 0.25) is 0 Å². The van der Waals surface area contributed by atoms with E-state index in [1.807, 2.05) is 18.2 Å². The molecule has 3 nitrogen and oxygen atoms in total. The Hall–Kier alpha value is -1.85. The van der Waals surface area contributed by atoms with E-state index in [9.17, 15) is 0 Å². The van der Waals surface area contributed by atoms with Crippen LogP contribution in [0.25, 0.3) is 31.1 Å². The van der Waals surface area contributed by atoms with E-state index < -0.39 is 0 Å². The third-order valence-electron chi connectivity index (χ3n) is 2.92. The molecule has 88 valence electrons. The van der Waals surface area contributed by atoms with Crippen LogP contribution < -0.4 is 5.73 Å². The molecule has 4 aromatic rings. The van der Waals surface area contributed by atoms with Crippen LogP contribution in [-0.2, 0) is 0 Å². The van der Waals surface area contributed by atoms with Crippen molar-refractivity contribution in [2.24, 2.45) is 0 Å². The van der Waals surface area contributed by atoms with E-state index in [1.54, 1.807) is 22.7 Å². The molecule has 0 bridgehead atoms. The second-order valence-electron chi connectivity index (χ2n) is 4.09. The van der Waals surface area contributed by atoms with Crippen molar-refractivity contribution in [2.45, 2.75) is 0 Å². The highest BCUT2D eigenvalue weighted by molar-refractivity contribution is 7.28. The molecule has 0 aliphatic heterocycles. The summed E-state index contributed by atoms with van der Waals surface area (Å²) in [6.45, 7) is 0. The maximum absolute atomic E-state index is 5.93. The van der Waals surface area contributed by atoms with Gasteiger partial charge in [0.25, 0.3) is 0 Å². The number of aromatic nitrogens is 2. The van der Waals surface area contributed by atoms with Gasteiger partial charge in [0.1, 0.15) is 11.3 Å². The number of nitrogen functional groups attached to an aromatic ring is 1. The van der Waals surface area contributed by atoms with E-state index in [-0.39, 0.29) is 0 Å². The summed E-state index contributed by atoms with van der Waals surface area (Å²) in [4.78, 5) is 9.08. The summed E-state index contributed by atoms with van der Waals surface area (Å²) in [5, 5.41) is 2.11. The molecular formula is C13H9N3S2. The van der Waals surface area contributed by atoms with Gasteiger partial charge in [-0.3, -0.25) is 0 Å². The second kappa shape index (κ2) is 3.57. The Labute approximate surface area is 111 Å². The topological polar surface area (TPSA) is 54.7 Å². The molecule has 0 fully saturated rings. The van der Waals surface area contributed by atoms with E-state index in [4.69, 9.17) is 5.73 Å². The van der Waals surface area contributed by atoms with Crippen molar-refractivity contribution in [2.75, 3.05) is 5.73 Å². The zero-order chi connectivity index (χ0) is 12.1. The summed E-state index contributed by atoms with van der Waals surface area (Å²) in [7, 11) is 0. The lowest BCUT2D eigenvalue weighted by Gasteiger charge is -1.90. The molecule has 18 heavy (non-hydrogen) atoms. The molecule has 0 saturated carbocycles. The molecule has 0 saturated heterocycles. The Balaban J connectivity index is 1.96. The molecule has 0 amide bonds. The molecule has 0 radical (unpaired) electrons. The van der Waals surface area contributed by atoms with E-state index in [2.05, 4.69) is 27.5 Å². The van der Waals surface area contributed by atoms with Gasteiger partial charge >= 0.3 is 0 Å². The molecule has 3 N–H and O–H groups in total. The Kier molecular flexibility index (Phi) is 2.00. The van der Waals surface area contributed by atoms with Gasteiger partial charge in [-0.1, -0.05) is 6.07 Å². The van der Waals surface area contributed by atoms with Crippen molar-refractivity contribution in [1.82, 2.24) is 9.97 Å². The number of benzene rings is 1. The van der Waals surface area contributed by atoms with Crippen LogP contribution in [0.1, 0.15) is 0 Å². The quantitative estimate of drug-likeness (QED) is 0.512. The molecule has 4 rings (SSSR count). The Morgan fingerprint density at radius 1 is 1.17 bits per heavy atom. The van der Waals surface area contributed by atoms with Crippen LogP contribution in [0.3, 0.4) is 0 Å². The Morgan fingerprint density at radius 2 is 2.11 bits per heavy atom. The number of hydrogen-bond donors (Lipinski definition) is 2. The molecule has 3 heterocycles. The van der Waals surface area contributed by atoms with E-state index in [0.29, 0.717) is 5.69 Å². The number of nitrogens with two attached hydrogens (primary N) is 1. The molecule has 0 aliphatic carbocycles. The number of fused-ring (bicyclic) bond motifs is 2. The van der Waals surface area contributed by atoms with Crippen LogP contribution >= 0.6 is 22.7 Å². The van der Waals surface area contributed by atoms with Gasteiger partial charge in [0.2, 0.25) is 0 Å². The van der Waals surface area contributed by atoms with Crippen LogP contribution in [0, 0.1) is 0 Å². The monoisotopic (exact) mass is 271 g/mol. The summed E-state index contributed by atoms with van der Waals surface area (Å²) in [6.07, 6.45) is 0. The van der Waals surface area contributed by atoms with Gasteiger partial charge < -0.3 is 10.7 Å². The fraction of sp³-hybridized carbons (Fsp3) is 0. The van der Waals surface area contributed by atoms with Gasteiger partial charge in [-0.05, 0) is 29.6 Å².